The second-order valence-corrected chi connectivity index (χ2v) is 5.48. The van der Waals surface area contributed by atoms with Crippen molar-refractivity contribution in [3.05, 3.63) is 22.9 Å². The number of unbranched alkanes of at least 4 members (excludes halogenated alkanes) is 2. The molecule has 0 spiro atoms. The lowest BCUT2D eigenvalue weighted by molar-refractivity contribution is 0.668. The molecule has 2 nitrogen and oxygen atoms in total. The molecule has 0 fully saturated rings. The minimum atomic E-state index is 0.545. The third kappa shape index (κ3) is 4.68. The summed E-state index contributed by atoms with van der Waals surface area (Å²) in [5.74, 6) is 1.65. The van der Waals surface area contributed by atoms with Gasteiger partial charge in [-0.25, -0.2) is 4.98 Å². The van der Waals surface area contributed by atoms with Gasteiger partial charge >= 0.3 is 0 Å². The van der Waals surface area contributed by atoms with Crippen LogP contribution in [-0.4, -0.2) is 18.1 Å². The van der Waals surface area contributed by atoms with Gasteiger partial charge in [-0.2, -0.15) is 0 Å². The van der Waals surface area contributed by atoms with Gasteiger partial charge in [0, 0.05) is 24.3 Å². The van der Waals surface area contributed by atoms with E-state index in [1.54, 1.807) is 0 Å². The predicted octanol–water partition coefficient (Wildman–Crippen LogP) is 4.84. The van der Waals surface area contributed by atoms with Crippen molar-refractivity contribution in [1.29, 1.82) is 0 Å². The van der Waals surface area contributed by atoms with Crippen LogP contribution in [-0.2, 0) is 5.88 Å². The third-order valence-electron chi connectivity index (χ3n) is 3.45. The van der Waals surface area contributed by atoms with Gasteiger partial charge in [0.25, 0.3) is 0 Å². The van der Waals surface area contributed by atoms with E-state index in [0.29, 0.717) is 5.88 Å². The number of rotatable bonds is 8. The molecule has 1 aromatic heterocycles. The largest absolute Gasteiger partial charge is 0.356 e. The normalized spacial score (nSPS) is 10.8. The Bertz CT molecular complexity index is 383. The Morgan fingerprint density at radius 3 is 2.16 bits per heavy atom. The first kappa shape index (κ1) is 16.3. The van der Waals surface area contributed by atoms with Crippen LogP contribution < -0.4 is 4.90 Å². The summed E-state index contributed by atoms with van der Waals surface area (Å²) in [4.78, 5) is 7.17. The molecule has 0 amide bonds. The van der Waals surface area contributed by atoms with E-state index >= 15 is 0 Å². The molecule has 0 saturated carbocycles. The molecule has 0 radical (unpaired) electrons. The van der Waals surface area contributed by atoms with Crippen molar-refractivity contribution in [2.75, 3.05) is 18.0 Å². The number of hydrogen-bond acceptors (Lipinski definition) is 2. The van der Waals surface area contributed by atoms with E-state index in [0.717, 1.165) is 24.6 Å². The molecular formula is C16H27ClN2. The zero-order chi connectivity index (χ0) is 14.3. The van der Waals surface area contributed by atoms with Crippen molar-refractivity contribution in [2.45, 2.75) is 59.3 Å². The molecule has 1 heterocycles. The van der Waals surface area contributed by atoms with Gasteiger partial charge < -0.3 is 4.90 Å². The Morgan fingerprint density at radius 2 is 1.68 bits per heavy atom. The number of anilines is 1. The molecule has 1 rings (SSSR count). The highest BCUT2D eigenvalue weighted by molar-refractivity contribution is 6.17. The summed E-state index contributed by atoms with van der Waals surface area (Å²) in [6.07, 6.45) is 4.84. The van der Waals surface area contributed by atoms with E-state index < -0.39 is 0 Å². The summed E-state index contributed by atoms with van der Waals surface area (Å²) < 4.78 is 0. The number of hydrogen-bond donors (Lipinski definition) is 0. The zero-order valence-corrected chi connectivity index (χ0v) is 13.6. The molecule has 19 heavy (non-hydrogen) atoms. The topological polar surface area (TPSA) is 16.1 Å². The van der Waals surface area contributed by atoms with Crippen molar-refractivity contribution in [1.82, 2.24) is 4.98 Å². The first-order valence-corrected chi connectivity index (χ1v) is 7.95. The molecule has 0 unspecified atom stereocenters. The van der Waals surface area contributed by atoms with Crippen LogP contribution in [0.5, 0.6) is 0 Å². The highest BCUT2D eigenvalue weighted by Crippen LogP contribution is 2.25. The summed E-state index contributed by atoms with van der Waals surface area (Å²) in [5, 5.41) is 0. The molecule has 0 atom stereocenters. The van der Waals surface area contributed by atoms with Crippen LogP contribution in [0.1, 0.15) is 56.4 Å². The number of halogens is 1. The highest BCUT2D eigenvalue weighted by Gasteiger charge is 2.14. The van der Waals surface area contributed by atoms with Crippen LogP contribution in [0.25, 0.3) is 0 Å². The van der Waals surface area contributed by atoms with Gasteiger partial charge in [0.05, 0.1) is 5.88 Å². The molecule has 0 aliphatic carbocycles. The average Bonchev–Trinajstić information content (AvgIpc) is 2.38. The SMILES string of the molecule is CCCCN(CCCC)c1nc(C)cc(C)c1CCl. The van der Waals surface area contributed by atoms with Gasteiger partial charge in [0.1, 0.15) is 5.82 Å². The Balaban J connectivity index is 3.04. The number of pyridine rings is 1. The summed E-state index contributed by atoms with van der Waals surface area (Å²) in [6.45, 7) is 10.8. The number of alkyl halides is 1. The molecule has 3 heteroatoms. The molecule has 108 valence electrons. The van der Waals surface area contributed by atoms with Crippen molar-refractivity contribution < 1.29 is 0 Å². The van der Waals surface area contributed by atoms with E-state index in [1.165, 1.54) is 36.8 Å². The lowest BCUT2D eigenvalue weighted by Crippen LogP contribution is -2.28. The molecule has 1 aromatic rings. The Labute approximate surface area is 123 Å². The van der Waals surface area contributed by atoms with Gasteiger partial charge in [0.15, 0.2) is 0 Å². The number of aromatic nitrogens is 1. The maximum Gasteiger partial charge on any atom is 0.133 e. The van der Waals surface area contributed by atoms with Gasteiger partial charge in [-0.1, -0.05) is 26.7 Å². The maximum atomic E-state index is 6.14. The fourth-order valence-corrected chi connectivity index (χ4v) is 2.62. The lowest BCUT2D eigenvalue weighted by atomic mass is 10.1. The van der Waals surface area contributed by atoms with Crippen molar-refractivity contribution >= 4 is 17.4 Å². The maximum absolute atomic E-state index is 6.14. The summed E-state index contributed by atoms with van der Waals surface area (Å²) in [6, 6.07) is 2.12. The smallest absolute Gasteiger partial charge is 0.133 e. The number of aryl methyl sites for hydroxylation is 2. The van der Waals surface area contributed by atoms with Crippen molar-refractivity contribution in [3.8, 4) is 0 Å². The highest BCUT2D eigenvalue weighted by atomic mass is 35.5. The second-order valence-electron chi connectivity index (χ2n) is 5.21. The van der Waals surface area contributed by atoms with Crippen molar-refractivity contribution in [3.63, 3.8) is 0 Å². The molecule has 0 aromatic carbocycles. The molecule has 0 aliphatic rings. The van der Waals surface area contributed by atoms with Crippen molar-refractivity contribution in [2.24, 2.45) is 0 Å². The standard InChI is InChI=1S/C16H27ClN2/c1-5-7-9-19(10-8-6-2)16-15(12-17)13(3)11-14(4)18-16/h11H,5-10,12H2,1-4H3. The molecule has 0 bridgehead atoms. The lowest BCUT2D eigenvalue weighted by Gasteiger charge is -2.26. The van der Waals surface area contributed by atoms with Gasteiger partial charge in [0.2, 0.25) is 0 Å². The predicted molar refractivity (Wildman–Crippen MR) is 85.3 cm³/mol. The summed E-state index contributed by atoms with van der Waals surface area (Å²) in [7, 11) is 0. The summed E-state index contributed by atoms with van der Waals surface area (Å²) >= 11 is 6.14. The van der Waals surface area contributed by atoms with Crippen LogP contribution >= 0.6 is 11.6 Å². The third-order valence-corrected chi connectivity index (χ3v) is 3.72. The minimum absolute atomic E-state index is 0.545. The van der Waals surface area contributed by atoms with Gasteiger partial charge in [-0.05, 0) is 38.3 Å². The van der Waals surface area contributed by atoms with E-state index in [1.807, 2.05) is 0 Å². The second kappa shape index (κ2) is 8.42. The van der Waals surface area contributed by atoms with E-state index in [4.69, 9.17) is 16.6 Å². The molecule has 0 N–H and O–H groups in total. The first-order chi connectivity index (χ1) is 9.13. The fourth-order valence-electron chi connectivity index (χ4n) is 2.29. The van der Waals surface area contributed by atoms with Gasteiger partial charge in [-0.3, -0.25) is 0 Å². The first-order valence-electron chi connectivity index (χ1n) is 7.42. The molecule has 0 aliphatic heterocycles. The Hall–Kier alpha value is -0.760. The average molecular weight is 283 g/mol. The van der Waals surface area contributed by atoms with Crippen LogP contribution in [0.2, 0.25) is 0 Å². The van der Waals surface area contributed by atoms with Crippen LogP contribution in [0.4, 0.5) is 5.82 Å². The minimum Gasteiger partial charge on any atom is -0.356 e. The fraction of sp³-hybridized carbons (Fsp3) is 0.688. The Morgan fingerprint density at radius 1 is 1.11 bits per heavy atom. The number of nitrogens with zero attached hydrogens (tertiary/aromatic N) is 2. The van der Waals surface area contributed by atoms with Gasteiger partial charge in [-0.15, -0.1) is 11.6 Å². The molecular weight excluding hydrogens is 256 g/mol. The van der Waals surface area contributed by atoms with Crippen LogP contribution in [0, 0.1) is 13.8 Å². The van der Waals surface area contributed by atoms with Crippen LogP contribution in [0.15, 0.2) is 6.07 Å². The van der Waals surface area contributed by atoms with E-state index in [-0.39, 0.29) is 0 Å². The molecule has 0 saturated heterocycles. The monoisotopic (exact) mass is 282 g/mol. The van der Waals surface area contributed by atoms with E-state index in [2.05, 4.69) is 38.7 Å². The zero-order valence-electron chi connectivity index (χ0n) is 12.8. The van der Waals surface area contributed by atoms with E-state index in [9.17, 15) is 0 Å². The summed E-state index contributed by atoms with van der Waals surface area (Å²) in [5.41, 5.74) is 3.54. The van der Waals surface area contributed by atoms with Crippen LogP contribution in [0.3, 0.4) is 0 Å². The quantitative estimate of drug-likeness (QED) is 0.634. The Kier molecular flexibility index (Phi) is 7.22.